The van der Waals surface area contributed by atoms with Gasteiger partial charge in [0.25, 0.3) is 0 Å². The van der Waals surface area contributed by atoms with E-state index in [2.05, 4.69) is 5.32 Å². The minimum atomic E-state index is -1.06. The number of rotatable bonds is 4. The molecule has 0 aromatic carbocycles. The lowest BCUT2D eigenvalue weighted by atomic mass is 9.78. The molecule has 2 rings (SSSR count). The third-order valence-corrected chi connectivity index (χ3v) is 5.80. The third-order valence-electron chi connectivity index (χ3n) is 4.42. The van der Waals surface area contributed by atoms with Crippen LogP contribution >= 0.6 is 11.8 Å². The number of barbiturate groups is 1. The Morgan fingerprint density at radius 1 is 1.25 bits per heavy atom. The van der Waals surface area contributed by atoms with E-state index in [-0.39, 0.29) is 5.91 Å². The van der Waals surface area contributed by atoms with Gasteiger partial charge in [0.15, 0.2) is 0 Å². The fraction of sp³-hybridized carbons (Fsp3) is 0.786. The fourth-order valence-corrected chi connectivity index (χ4v) is 4.22. The van der Waals surface area contributed by atoms with E-state index in [1.54, 1.807) is 0 Å². The molecule has 0 aliphatic carbocycles. The molecular weight excluding hydrogens is 276 g/mol. The van der Waals surface area contributed by atoms with Crippen molar-refractivity contribution in [1.82, 2.24) is 10.2 Å². The molecule has 2 aliphatic rings. The van der Waals surface area contributed by atoms with Gasteiger partial charge in [-0.15, -0.1) is 0 Å². The van der Waals surface area contributed by atoms with Crippen LogP contribution in [0, 0.1) is 5.41 Å². The molecule has 0 aromatic rings. The highest BCUT2D eigenvalue weighted by atomic mass is 32.2. The first-order valence-electron chi connectivity index (χ1n) is 7.34. The average molecular weight is 298 g/mol. The van der Waals surface area contributed by atoms with E-state index < -0.39 is 17.4 Å². The van der Waals surface area contributed by atoms with Gasteiger partial charge in [0.2, 0.25) is 11.8 Å². The van der Waals surface area contributed by atoms with Gasteiger partial charge in [-0.1, -0.05) is 20.3 Å². The average Bonchev–Trinajstić information content (AvgIpc) is 2.46. The molecular formula is C14H22N2O3S. The Hall–Kier alpha value is -1.04. The van der Waals surface area contributed by atoms with Crippen molar-refractivity contribution in [3.63, 3.8) is 0 Å². The molecule has 0 saturated carbocycles. The Bertz CT molecular complexity index is 415. The molecule has 0 radical (unpaired) electrons. The molecule has 2 fully saturated rings. The monoisotopic (exact) mass is 298 g/mol. The molecule has 0 spiro atoms. The summed E-state index contributed by atoms with van der Waals surface area (Å²) in [5, 5.41) is 2.66. The first kappa shape index (κ1) is 15.4. The van der Waals surface area contributed by atoms with Crippen LogP contribution in [0.1, 0.15) is 46.0 Å². The second-order valence-corrected chi connectivity index (χ2v) is 6.86. The van der Waals surface area contributed by atoms with Crippen molar-refractivity contribution < 1.29 is 14.4 Å². The van der Waals surface area contributed by atoms with E-state index in [4.69, 9.17) is 0 Å². The van der Waals surface area contributed by atoms with Crippen LogP contribution in [0.5, 0.6) is 0 Å². The molecule has 2 saturated heterocycles. The molecule has 2 aliphatic heterocycles. The maximum atomic E-state index is 12.6. The maximum Gasteiger partial charge on any atom is 0.330 e. The largest absolute Gasteiger partial charge is 0.330 e. The normalized spacial score (nSPS) is 26.6. The van der Waals surface area contributed by atoms with Crippen molar-refractivity contribution in [1.29, 1.82) is 0 Å². The highest BCUT2D eigenvalue weighted by Gasteiger charge is 2.51. The summed E-state index contributed by atoms with van der Waals surface area (Å²) in [5.41, 5.74) is -1.06. The predicted octanol–water partition coefficient (Wildman–Crippen LogP) is 2.16. The summed E-state index contributed by atoms with van der Waals surface area (Å²) in [6.45, 7) is 4.07. The second kappa shape index (κ2) is 6.16. The van der Waals surface area contributed by atoms with E-state index in [1.165, 1.54) is 11.3 Å². The van der Waals surface area contributed by atoms with Crippen molar-refractivity contribution in [2.75, 3.05) is 12.3 Å². The summed E-state index contributed by atoms with van der Waals surface area (Å²) >= 11 is 1.82. The number of nitrogens with one attached hydrogen (secondary N) is 1. The minimum absolute atomic E-state index is 0.304. The van der Waals surface area contributed by atoms with Crippen LogP contribution < -0.4 is 5.32 Å². The van der Waals surface area contributed by atoms with Crippen molar-refractivity contribution in [3.8, 4) is 0 Å². The molecule has 1 N–H and O–H groups in total. The van der Waals surface area contributed by atoms with Crippen molar-refractivity contribution in [2.45, 2.75) is 51.2 Å². The molecule has 5 nitrogen and oxygen atoms in total. The zero-order chi connectivity index (χ0) is 14.8. The molecule has 20 heavy (non-hydrogen) atoms. The van der Waals surface area contributed by atoms with Crippen molar-refractivity contribution in [2.24, 2.45) is 5.41 Å². The summed E-state index contributed by atoms with van der Waals surface area (Å²) in [5.74, 6) is 0.326. The number of imide groups is 2. The van der Waals surface area contributed by atoms with E-state index in [9.17, 15) is 14.4 Å². The van der Waals surface area contributed by atoms with Gasteiger partial charge in [-0.2, -0.15) is 11.8 Å². The highest BCUT2D eigenvalue weighted by molar-refractivity contribution is 7.99. The zero-order valence-corrected chi connectivity index (χ0v) is 12.9. The first-order valence-corrected chi connectivity index (χ1v) is 8.39. The van der Waals surface area contributed by atoms with Gasteiger partial charge in [-0.05, 0) is 31.4 Å². The number of hydrogen-bond donors (Lipinski definition) is 1. The van der Waals surface area contributed by atoms with Crippen molar-refractivity contribution >= 4 is 29.6 Å². The van der Waals surface area contributed by atoms with E-state index in [1.807, 2.05) is 25.6 Å². The number of thioether (sulfide) groups is 1. The Labute approximate surface area is 123 Å². The minimum Gasteiger partial charge on any atom is -0.277 e. The van der Waals surface area contributed by atoms with Crippen LogP contribution in [-0.4, -0.2) is 40.3 Å². The van der Waals surface area contributed by atoms with Crippen LogP contribution in [0.25, 0.3) is 0 Å². The lowest BCUT2D eigenvalue weighted by Crippen LogP contribution is -2.64. The van der Waals surface area contributed by atoms with Gasteiger partial charge in [-0.25, -0.2) is 4.79 Å². The summed E-state index contributed by atoms with van der Waals surface area (Å²) in [6.07, 6.45) is 4.23. The predicted molar refractivity (Wildman–Crippen MR) is 78.4 cm³/mol. The second-order valence-electron chi connectivity index (χ2n) is 5.45. The van der Waals surface area contributed by atoms with E-state index in [0.29, 0.717) is 24.6 Å². The number of urea groups is 1. The van der Waals surface area contributed by atoms with Gasteiger partial charge in [0.05, 0.1) is 0 Å². The van der Waals surface area contributed by atoms with E-state index in [0.717, 1.165) is 18.6 Å². The summed E-state index contributed by atoms with van der Waals surface area (Å²) in [7, 11) is 0. The molecule has 6 heteroatoms. The summed E-state index contributed by atoms with van der Waals surface area (Å²) in [6, 6.07) is -0.552. The van der Waals surface area contributed by atoms with Crippen LogP contribution in [0.4, 0.5) is 4.79 Å². The smallest absolute Gasteiger partial charge is 0.277 e. The number of nitrogens with zero attached hydrogens (tertiary/aromatic N) is 1. The Kier molecular flexibility index (Phi) is 4.73. The third kappa shape index (κ3) is 2.57. The van der Waals surface area contributed by atoms with Crippen LogP contribution in [0.3, 0.4) is 0 Å². The lowest BCUT2D eigenvalue weighted by Gasteiger charge is -2.39. The fourth-order valence-electron chi connectivity index (χ4n) is 2.93. The molecule has 1 unspecified atom stereocenters. The molecule has 0 bridgehead atoms. The van der Waals surface area contributed by atoms with Gasteiger partial charge < -0.3 is 0 Å². The summed E-state index contributed by atoms with van der Waals surface area (Å²) in [4.78, 5) is 37.9. The van der Waals surface area contributed by atoms with Gasteiger partial charge >= 0.3 is 6.03 Å². The Morgan fingerprint density at radius 2 is 1.95 bits per heavy atom. The lowest BCUT2D eigenvalue weighted by molar-refractivity contribution is -0.152. The SMILES string of the molecule is CCC1(CC)C(=O)NC(=O)N(CC2CCCCS2)C1=O. The van der Waals surface area contributed by atoms with Gasteiger partial charge in [0, 0.05) is 11.8 Å². The zero-order valence-electron chi connectivity index (χ0n) is 12.1. The molecule has 4 amide bonds. The molecule has 0 aromatic heterocycles. The number of carbonyl (C=O) groups excluding carboxylic acids is 3. The van der Waals surface area contributed by atoms with Crippen LogP contribution in [-0.2, 0) is 9.59 Å². The summed E-state index contributed by atoms with van der Waals surface area (Å²) < 4.78 is 0. The van der Waals surface area contributed by atoms with Crippen LogP contribution in [0.15, 0.2) is 0 Å². The van der Waals surface area contributed by atoms with E-state index >= 15 is 0 Å². The number of carbonyl (C=O) groups is 3. The first-order chi connectivity index (χ1) is 9.55. The molecule has 112 valence electrons. The number of amides is 4. The number of hydrogen-bond acceptors (Lipinski definition) is 4. The highest BCUT2D eigenvalue weighted by Crippen LogP contribution is 2.34. The Balaban J connectivity index is 2.16. The van der Waals surface area contributed by atoms with Crippen LogP contribution in [0.2, 0.25) is 0 Å². The topological polar surface area (TPSA) is 66.5 Å². The molecule has 2 heterocycles. The Morgan fingerprint density at radius 3 is 2.50 bits per heavy atom. The van der Waals surface area contributed by atoms with Gasteiger partial charge in [-0.3, -0.25) is 19.8 Å². The maximum absolute atomic E-state index is 12.6. The standard InChI is InChI=1S/C14H22N2O3S/c1-3-14(4-2)11(17)15-13(19)16(12(14)18)9-10-7-5-6-8-20-10/h10H,3-9H2,1-2H3,(H,15,17,19). The van der Waals surface area contributed by atoms with Gasteiger partial charge in [0.1, 0.15) is 5.41 Å². The quantitative estimate of drug-likeness (QED) is 0.808. The molecule has 1 atom stereocenters. The van der Waals surface area contributed by atoms with Crippen molar-refractivity contribution in [3.05, 3.63) is 0 Å².